The Hall–Kier alpha value is -2.09. The minimum absolute atomic E-state index is 0.0252. The molecule has 3 nitrogen and oxygen atoms in total. The van der Waals surface area contributed by atoms with Gasteiger partial charge in [-0.05, 0) is 18.1 Å². The Bertz CT molecular complexity index is 518. The molecule has 1 amide bonds. The molecule has 1 N–H and O–H groups in total. The maximum absolute atomic E-state index is 13.2. The SMILES string of the molecule is CC(C)CC(=O)NCC#CCOc1ccc(F)cc1F. The monoisotopic (exact) mass is 281 g/mol. The molecule has 0 saturated carbocycles. The number of carbonyl (C=O) groups excluding carboxylic acids is 1. The molecule has 0 aromatic heterocycles. The lowest BCUT2D eigenvalue weighted by Crippen LogP contribution is -2.24. The highest BCUT2D eigenvalue weighted by Crippen LogP contribution is 2.17. The van der Waals surface area contributed by atoms with E-state index in [-0.39, 0.29) is 24.8 Å². The highest BCUT2D eigenvalue weighted by Gasteiger charge is 2.03. The summed E-state index contributed by atoms with van der Waals surface area (Å²) in [5, 5.41) is 2.64. The predicted octanol–water partition coefficient (Wildman–Crippen LogP) is 2.51. The molecular weight excluding hydrogens is 264 g/mol. The average molecular weight is 281 g/mol. The van der Waals surface area contributed by atoms with Crippen LogP contribution in [0.4, 0.5) is 8.78 Å². The summed E-state index contributed by atoms with van der Waals surface area (Å²) in [6.45, 7) is 4.11. The van der Waals surface area contributed by atoms with E-state index in [2.05, 4.69) is 17.2 Å². The molecule has 0 saturated heterocycles. The van der Waals surface area contributed by atoms with Gasteiger partial charge in [0.25, 0.3) is 0 Å². The van der Waals surface area contributed by atoms with E-state index >= 15 is 0 Å². The van der Waals surface area contributed by atoms with Crippen molar-refractivity contribution >= 4 is 5.91 Å². The fraction of sp³-hybridized carbons (Fsp3) is 0.400. The largest absolute Gasteiger partial charge is 0.478 e. The maximum atomic E-state index is 13.2. The number of hydrogen-bond donors (Lipinski definition) is 1. The van der Waals surface area contributed by atoms with Gasteiger partial charge in [0.2, 0.25) is 5.91 Å². The maximum Gasteiger partial charge on any atom is 0.221 e. The molecule has 0 unspecified atom stereocenters. The zero-order chi connectivity index (χ0) is 15.0. The van der Waals surface area contributed by atoms with E-state index in [9.17, 15) is 13.6 Å². The zero-order valence-electron chi connectivity index (χ0n) is 11.5. The van der Waals surface area contributed by atoms with Crippen molar-refractivity contribution in [2.75, 3.05) is 13.2 Å². The van der Waals surface area contributed by atoms with Gasteiger partial charge < -0.3 is 10.1 Å². The summed E-state index contributed by atoms with van der Waals surface area (Å²) in [6, 6.07) is 3.06. The summed E-state index contributed by atoms with van der Waals surface area (Å²) in [5.74, 6) is 4.09. The Kier molecular flexibility index (Phi) is 6.51. The molecule has 1 rings (SSSR count). The van der Waals surface area contributed by atoms with Crippen LogP contribution >= 0.6 is 0 Å². The summed E-state index contributed by atoms with van der Waals surface area (Å²) >= 11 is 0. The summed E-state index contributed by atoms with van der Waals surface area (Å²) < 4.78 is 30.9. The van der Waals surface area contributed by atoms with Gasteiger partial charge in [0.05, 0.1) is 6.54 Å². The van der Waals surface area contributed by atoms with E-state index in [4.69, 9.17) is 4.74 Å². The summed E-state index contributed by atoms with van der Waals surface area (Å²) in [7, 11) is 0. The minimum atomic E-state index is -0.767. The van der Waals surface area contributed by atoms with Gasteiger partial charge in [0, 0.05) is 12.5 Å². The molecule has 0 spiro atoms. The molecule has 0 aliphatic rings. The second kappa shape index (κ2) is 8.16. The van der Waals surface area contributed by atoms with Crippen molar-refractivity contribution in [3.05, 3.63) is 29.8 Å². The van der Waals surface area contributed by atoms with E-state index in [1.807, 2.05) is 13.8 Å². The molecule has 0 bridgehead atoms. The standard InChI is InChI=1S/C15H17F2NO2/c1-11(2)9-15(19)18-7-3-4-8-20-14-6-5-12(16)10-13(14)17/h5-6,10-11H,7-9H2,1-2H3,(H,18,19). The van der Waals surface area contributed by atoms with Crippen LogP contribution in [0, 0.1) is 29.4 Å². The van der Waals surface area contributed by atoms with Gasteiger partial charge >= 0.3 is 0 Å². The molecular formula is C15H17F2NO2. The molecule has 0 atom stereocenters. The Balaban J connectivity index is 2.28. The van der Waals surface area contributed by atoms with Gasteiger partial charge in [-0.15, -0.1) is 0 Å². The highest BCUT2D eigenvalue weighted by atomic mass is 19.1. The van der Waals surface area contributed by atoms with Gasteiger partial charge in [-0.2, -0.15) is 0 Å². The molecule has 108 valence electrons. The summed E-state index contributed by atoms with van der Waals surface area (Å²) in [6.07, 6.45) is 0.457. The van der Waals surface area contributed by atoms with Crippen molar-refractivity contribution in [2.24, 2.45) is 5.92 Å². The topological polar surface area (TPSA) is 38.3 Å². The fourth-order valence-electron chi connectivity index (χ4n) is 1.41. The van der Waals surface area contributed by atoms with Crippen LogP contribution in [-0.4, -0.2) is 19.1 Å². The summed E-state index contributed by atoms with van der Waals surface area (Å²) in [4.78, 5) is 11.3. The first-order chi connectivity index (χ1) is 9.49. The molecule has 5 heteroatoms. The molecule has 1 aromatic carbocycles. The number of nitrogens with one attached hydrogen (secondary N) is 1. The lowest BCUT2D eigenvalue weighted by Gasteiger charge is -2.04. The van der Waals surface area contributed by atoms with Crippen molar-refractivity contribution < 1.29 is 18.3 Å². The van der Waals surface area contributed by atoms with Gasteiger partial charge in [-0.1, -0.05) is 25.7 Å². The Labute approximate surface area is 117 Å². The molecule has 1 aromatic rings. The third-order valence-electron chi connectivity index (χ3n) is 2.29. The second-order valence-electron chi connectivity index (χ2n) is 4.59. The van der Waals surface area contributed by atoms with Crippen molar-refractivity contribution in [3.63, 3.8) is 0 Å². The number of carbonyl (C=O) groups is 1. The zero-order valence-corrected chi connectivity index (χ0v) is 11.5. The lowest BCUT2D eigenvalue weighted by atomic mass is 10.1. The minimum Gasteiger partial charge on any atom is -0.478 e. The van der Waals surface area contributed by atoms with E-state index < -0.39 is 11.6 Å². The van der Waals surface area contributed by atoms with E-state index in [0.29, 0.717) is 12.3 Å². The third kappa shape index (κ3) is 6.19. The summed E-state index contributed by atoms with van der Waals surface area (Å²) in [5.41, 5.74) is 0. The van der Waals surface area contributed by atoms with Crippen LogP contribution in [0.2, 0.25) is 0 Å². The van der Waals surface area contributed by atoms with Crippen LogP contribution in [-0.2, 0) is 4.79 Å². The number of hydrogen-bond acceptors (Lipinski definition) is 2. The van der Waals surface area contributed by atoms with Gasteiger partial charge in [0.1, 0.15) is 12.4 Å². The third-order valence-corrected chi connectivity index (χ3v) is 2.29. The first-order valence-electron chi connectivity index (χ1n) is 6.29. The molecule has 0 aliphatic carbocycles. The van der Waals surface area contributed by atoms with Gasteiger partial charge in [-0.25, -0.2) is 8.78 Å². The second-order valence-corrected chi connectivity index (χ2v) is 4.59. The molecule has 0 heterocycles. The molecule has 20 heavy (non-hydrogen) atoms. The smallest absolute Gasteiger partial charge is 0.221 e. The Morgan fingerprint density at radius 1 is 1.35 bits per heavy atom. The Morgan fingerprint density at radius 3 is 2.75 bits per heavy atom. The van der Waals surface area contributed by atoms with Crippen molar-refractivity contribution in [3.8, 4) is 17.6 Å². The van der Waals surface area contributed by atoms with Crippen LogP contribution in [0.1, 0.15) is 20.3 Å². The van der Waals surface area contributed by atoms with Crippen molar-refractivity contribution in [1.29, 1.82) is 0 Å². The van der Waals surface area contributed by atoms with E-state index in [1.54, 1.807) is 0 Å². The molecule has 0 fully saturated rings. The number of benzene rings is 1. The van der Waals surface area contributed by atoms with E-state index in [1.165, 1.54) is 6.07 Å². The van der Waals surface area contributed by atoms with Gasteiger partial charge in [-0.3, -0.25) is 4.79 Å². The number of amides is 1. The number of rotatable bonds is 5. The van der Waals surface area contributed by atoms with Gasteiger partial charge in [0.15, 0.2) is 11.6 Å². The van der Waals surface area contributed by atoms with Crippen LogP contribution in [0.3, 0.4) is 0 Å². The van der Waals surface area contributed by atoms with Crippen LogP contribution < -0.4 is 10.1 Å². The van der Waals surface area contributed by atoms with Crippen molar-refractivity contribution in [1.82, 2.24) is 5.32 Å². The molecule has 0 aliphatic heterocycles. The van der Waals surface area contributed by atoms with E-state index in [0.717, 1.165) is 12.1 Å². The average Bonchev–Trinajstić information content (AvgIpc) is 2.34. The number of ether oxygens (including phenoxy) is 1. The normalized spacial score (nSPS) is 9.85. The van der Waals surface area contributed by atoms with Crippen LogP contribution in [0.25, 0.3) is 0 Å². The first kappa shape index (κ1) is 16.0. The predicted molar refractivity (Wildman–Crippen MR) is 72.1 cm³/mol. The molecule has 0 radical (unpaired) electrons. The Morgan fingerprint density at radius 2 is 2.10 bits per heavy atom. The van der Waals surface area contributed by atoms with Crippen LogP contribution in [0.15, 0.2) is 18.2 Å². The van der Waals surface area contributed by atoms with Crippen molar-refractivity contribution in [2.45, 2.75) is 20.3 Å². The number of halogens is 2. The first-order valence-corrected chi connectivity index (χ1v) is 6.29. The lowest BCUT2D eigenvalue weighted by molar-refractivity contribution is -0.121. The highest BCUT2D eigenvalue weighted by molar-refractivity contribution is 5.76. The fourth-order valence-corrected chi connectivity index (χ4v) is 1.41. The van der Waals surface area contributed by atoms with Crippen LogP contribution in [0.5, 0.6) is 5.75 Å². The quantitative estimate of drug-likeness (QED) is 0.842.